The van der Waals surface area contributed by atoms with Crippen LogP contribution in [0, 0.1) is 5.92 Å². The Morgan fingerprint density at radius 2 is 1.75 bits per heavy atom. The van der Waals surface area contributed by atoms with Gasteiger partial charge in [-0.15, -0.1) is 0 Å². The summed E-state index contributed by atoms with van der Waals surface area (Å²) in [5.41, 5.74) is 8.31. The highest BCUT2D eigenvalue weighted by Crippen LogP contribution is 2.15. The largest absolute Gasteiger partial charge is 0.383 e. The third-order valence-electron chi connectivity index (χ3n) is 2.78. The van der Waals surface area contributed by atoms with Gasteiger partial charge in [0, 0.05) is 38.1 Å². The molecule has 1 aromatic carbocycles. The van der Waals surface area contributed by atoms with Crippen LogP contribution in [-0.4, -0.2) is 26.7 Å². The fraction of sp³-hybridized carbons (Fsp3) is 0.538. The second-order valence-corrected chi connectivity index (χ2v) is 4.73. The average molecular weight is 221 g/mol. The molecule has 0 heterocycles. The molecule has 3 N–H and O–H groups in total. The van der Waals surface area contributed by atoms with Gasteiger partial charge in [-0.3, -0.25) is 0 Å². The van der Waals surface area contributed by atoms with Crippen LogP contribution in [-0.2, 0) is 0 Å². The summed E-state index contributed by atoms with van der Waals surface area (Å²) in [6.45, 7) is 5.10. The number of nitrogens with zero attached hydrogens (tertiary/aromatic N) is 1. The van der Waals surface area contributed by atoms with E-state index < -0.39 is 0 Å². The molecule has 3 heteroatoms. The van der Waals surface area contributed by atoms with Gasteiger partial charge >= 0.3 is 0 Å². The predicted molar refractivity (Wildman–Crippen MR) is 72.1 cm³/mol. The molecular formula is C13H23N3. The second-order valence-electron chi connectivity index (χ2n) is 4.73. The number of nitrogens with one attached hydrogen (secondary N) is 1. The van der Waals surface area contributed by atoms with E-state index in [1.54, 1.807) is 0 Å². The molecule has 0 aliphatic carbocycles. The average Bonchev–Trinajstić information content (AvgIpc) is 2.26. The van der Waals surface area contributed by atoms with Crippen LogP contribution in [0.4, 0.5) is 11.4 Å². The minimum Gasteiger partial charge on any atom is -0.383 e. The molecule has 0 bridgehead atoms. The Morgan fingerprint density at radius 1 is 1.19 bits per heavy atom. The van der Waals surface area contributed by atoms with E-state index in [1.807, 2.05) is 14.1 Å². The highest BCUT2D eigenvalue weighted by Gasteiger charge is 2.06. The molecule has 90 valence electrons. The molecule has 0 spiro atoms. The molecule has 0 aliphatic heterocycles. The number of anilines is 2. The molecule has 0 aromatic heterocycles. The fourth-order valence-corrected chi connectivity index (χ4v) is 1.35. The molecule has 0 saturated carbocycles. The highest BCUT2D eigenvalue weighted by molar-refractivity contribution is 5.54. The Labute approximate surface area is 98.6 Å². The minimum atomic E-state index is 0.202. The summed E-state index contributed by atoms with van der Waals surface area (Å²) >= 11 is 0. The SMILES string of the molecule is CC(C)C(N)CNc1ccc(N(C)C)cc1. The maximum atomic E-state index is 5.97. The topological polar surface area (TPSA) is 41.3 Å². The Morgan fingerprint density at radius 3 is 2.19 bits per heavy atom. The molecule has 3 nitrogen and oxygen atoms in total. The van der Waals surface area contributed by atoms with Crippen LogP contribution < -0.4 is 16.0 Å². The summed E-state index contributed by atoms with van der Waals surface area (Å²) in [6, 6.07) is 8.57. The molecule has 16 heavy (non-hydrogen) atoms. The molecule has 1 atom stereocenters. The van der Waals surface area contributed by atoms with Crippen molar-refractivity contribution in [3.63, 3.8) is 0 Å². The van der Waals surface area contributed by atoms with Gasteiger partial charge in [0.1, 0.15) is 0 Å². The van der Waals surface area contributed by atoms with Gasteiger partial charge in [-0.1, -0.05) is 13.8 Å². The lowest BCUT2D eigenvalue weighted by Crippen LogP contribution is -2.33. The van der Waals surface area contributed by atoms with Crippen molar-refractivity contribution in [2.24, 2.45) is 11.7 Å². The lowest BCUT2D eigenvalue weighted by atomic mass is 10.1. The minimum absolute atomic E-state index is 0.202. The van der Waals surface area contributed by atoms with Gasteiger partial charge in [0.15, 0.2) is 0 Å². The van der Waals surface area contributed by atoms with Gasteiger partial charge in [-0.25, -0.2) is 0 Å². The third kappa shape index (κ3) is 3.74. The third-order valence-corrected chi connectivity index (χ3v) is 2.78. The van der Waals surface area contributed by atoms with Crippen molar-refractivity contribution in [2.45, 2.75) is 19.9 Å². The van der Waals surface area contributed by atoms with Crippen LogP contribution in [0.5, 0.6) is 0 Å². The second kappa shape index (κ2) is 5.75. The summed E-state index contributed by atoms with van der Waals surface area (Å²) in [5.74, 6) is 0.508. The fourth-order valence-electron chi connectivity index (χ4n) is 1.35. The first-order valence-corrected chi connectivity index (χ1v) is 5.77. The predicted octanol–water partition coefficient (Wildman–Crippen LogP) is 2.15. The standard InChI is InChI=1S/C13H23N3/c1-10(2)13(14)9-15-11-5-7-12(8-6-11)16(3)4/h5-8,10,13,15H,9,14H2,1-4H3. The maximum Gasteiger partial charge on any atom is 0.0362 e. The first-order valence-electron chi connectivity index (χ1n) is 5.77. The molecule has 0 radical (unpaired) electrons. The number of benzene rings is 1. The van der Waals surface area contributed by atoms with Crippen molar-refractivity contribution in [1.82, 2.24) is 0 Å². The van der Waals surface area contributed by atoms with E-state index in [-0.39, 0.29) is 6.04 Å². The zero-order valence-corrected chi connectivity index (χ0v) is 10.7. The normalized spacial score (nSPS) is 12.6. The van der Waals surface area contributed by atoms with Crippen molar-refractivity contribution in [2.75, 3.05) is 30.9 Å². The van der Waals surface area contributed by atoms with Crippen molar-refractivity contribution >= 4 is 11.4 Å². The molecule has 0 amide bonds. The van der Waals surface area contributed by atoms with Gasteiger partial charge in [0.25, 0.3) is 0 Å². The zero-order chi connectivity index (χ0) is 12.1. The summed E-state index contributed by atoms with van der Waals surface area (Å²) in [6.07, 6.45) is 0. The lowest BCUT2D eigenvalue weighted by molar-refractivity contribution is 0.511. The van der Waals surface area contributed by atoms with E-state index in [9.17, 15) is 0 Å². The van der Waals surface area contributed by atoms with Crippen molar-refractivity contribution < 1.29 is 0 Å². The van der Waals surface area contributed by atoms with E-state index in [0.717, 1.165) is 12.2 Å². The first kappa shape index (κ1) is 12.8. The summed E-state index contributed by atoms with van der Waals surface area (Å²) in [4.78, 5) is 2.09. The Hall–Kier alpha value is -1.22. The molecule has 1 aromatic rings. The maximum absolute atomic E-state index is 5.97. The summed E-state index contributed by atoms with van der Waals surface area (Å²) in [7, 11) is 4.08. The molecular weight excluding hydrogens is 198 g/mol. The Bertz CT molecular complexity index is 303. The van der Waals surface area contributed by atoms with Crippen LogP contribution in [0.15, 0.2) is 24.3 Å². The smallest absolute Gasteiger partial charge is 0.0362 e. The van der Waals surface area contributed by atoms with Crippen LogP contribution in [0.3, 0.4) is 0 Å². The molecule has 1 unspecified atom stereocenters. The van der Waals surface area contributed by atoms with Gasteiger partial charge in [0.2, 0.25) is 0 Å². The molecule has 0 aliphatic rings. The number of rotatable bonds is 5. The first-order chi connectivity index (χ1) is 7.50. The van der Waals surface area contributed by atoms with Crippen LogP contribution in [0.1, 0.15) is 13.8 Å². The van der Waals surface area contributed by atoms with Gasteiger partial charge in [0.05, 0.1) is 0 Å². The van der Waals surface area contributed by atoms with Gasteiger partial charge in [-0.05, 0) is 30.2 Å². The molecule has 0 saturated heterocycles. The molecule has 0 fully saturated rings. The number of hydrogen-bond acceptors (Lipinski definition) is 3. The quantitative estimate of drug-likeness (QED) is 0.800. The van der Waals surface area contributed by atoms with E-state index in [0.29, 0.717) is 5.92 Å². The van der Waals surface area contributed by atoms with Crippen LogP contribution in [0.25, 0.3) is 0 Å². The Kier molecular flexibility index (Phi) is 4.62. The van der Waals surface area contributed by atoms with E-state index >= 15 is 0 Å². The number of nitrogens with two attached hydrogens (primary N) is 1. The van der Waals surface area contributed by atoms with E-state index in [2.05, 4.69) is 48.3 Å². The zero-order valence-electron chi connectivity index (χ0n) is 10.7. The van der Waals surface area contributed by atoms with Crippen molar-refractivity contribution in [3.05, 3.63) is 24.3 Å². The lowest BCUT2D eigenvalue weighted by Gasteiger charge is -2.18. The summed E-state index contributed by atoms with van der Waals surface area (Å²) < 4.78 is 0. The monoisotopic (exact) mass is 221 g/mol. The van der Waals surface area contributed by atoms with Crippen molar-refractivity contribution in [1.29, 1.82) is 0 Å². The number of hydrogen-bond donors (Lipinski definition) is 2. The van der Waals surface area contributed by atoms with Crippen LogP contribution >= 0.6 is 0 Å². The summed E-state index contributed by atoms with van der Waals surface area (Å²) in [5, 5.41) is 3.35. The molecule has 1 rings (SSSR count). The van der Waals surface area contributed by atoms with E-state index in [1.165, 1.54) is 5.69 Å². The van der Waals surface area contributed by atoms with Crippen molar-refractivity contribution in [3.8, 4) is 0 Å². The van der Waals surface area contributed by atoms with Crippen LogP contribution in [0.2, 0.25) is 0 Å². The highest BCUT2D eigenvalue weighted by atomic mass is 15.1. The van der Waals surface area contributed by atoms with Gasteiger partial charge < -0.3 is 16.0 Å². The van der Waals surface area contributed by atoms with E-state index in [4.69, 9.17) is 5.73 Å². The Balaban J connectivity index is 2.49. The van der Waals surface area contributed by atoms with Gasteiger partial charge in [-0.2, -0.15) is 0 Å².